The lowest BCUT2D eigenvalue weighted by molar-refractivity contribution is -0.0249. The number of amides is 1. The zero-order chi connectivity index (χ0) is 17.6. The van der Waals surface area contributed by atoms with Crippen molar-refractivity contribution in [1.82, 2.24) is 20.0 Å². The summed E-state index contributed by atoms with van der Waals surface area (Å²) in [6.07, 6.45) is 4.35. The fourth-order valence-corrected chi connectivity index (χ4v) is 2.87. The Balaban J connectivity index is 1.56. The maximum Gasteiger partial charge on any atom is 0.276 e. The molecule has 25 heavy (non-hydrogen) atoms. The number of nitrogens with zero attached hydrogens (tertiary/aromatic N) is 3. The molecule has 1 aliphatic rings. The minimum absolute atomic E-state index is 0.0826. The molecule has 1 amide bonds. The number of morpholine rings is 1. The number of aromatic nitrogens is 3. The van der Waals surface area contributed by atoms with E-state index in [4.69, 9.17) is 9.26 Å². The first-order valence-corrected chi connectivity index (χ1v) is 8.55. The van der Waals surface area contributed by atoms with Gasteiger partial charge in [0.05, 0.1) is 19.0 Å². The second kappa shape index (κ2) is 8.06. The lowest BCUT2D eigenvalue weighted by Crippen LogP contribution is -2.45. The molecule has 1 N–H and O–H groups in total. The number of hydrogen-bond donors (Lipinski definition) is 1. The molecule has 8 nitrogen and oxygen atoms in total. The van der Waals surface area contributed by atoms with Crippen molar-refractivity contribution in [2.45, 2.75) is 38.7 Å². The van der Waals surface area contributed by atoms with Gasteiger partial charge in [0.15, 0.2) is 5.69 Å². The molecule has 8 heteroatoms. The van der Waals surface area contributed by atoms with Crippen LogP contribution in [-0.2, 0) is 17.6 Å². The van der Waals surface area contributed by atoms with Crippen molar-refractivity contribution in [3.63, 3.8) is 0 Å². The summed E-state index contributed by atoms with van der Waals surface area (Å²) in [5.74, 6) is 0.602. The highest BCUT2D eigenvalue weighted by molar-refractivity contribution is 5.92. The van der Waals surface area contributed by atoms with Crippen molar-refractivity contribution in [3.8, 4) is 0 Å². The molecule has 0 bridgehead atoms. The van der Waals surface area contributed by atoms with E-state index in [0.29, 0.717) is 38.2 Å². The lowest BCUT2D eigenvalue weighted by atomic mass is 10.1. The summed E-state index contributed by atoms with van der Waals surface area (Å²) < 4.78 is 10.9. The Hall–Kier alpha value is -2.48. The number of aryl methyl sites for hydroxylation is 2. The third-order valence-corrected chi connectivity index (χ3v) is 4.16. The van der Waals surface area contributed by atoms with Gasteiger partial charge < -0.3 is 19.1 Å². The standard InChI is InChI=1S/C17H22N4O4/c1-2-3-13-9-15(20-25-13)17(23)21-6-7-24-14(10-21)5-4-12-8-16(22)19-11-18-12/h8-9,11,14H,2-7,10H2,1H3,(H,18,19,22)/t14-/m1/s1. The Bertz CT molecular complexity index is 770. The fourth-order valence-electron chi connectivity index (χ4n) is 2.87. The monoisotopic (exact) mass is 346 g/mol. The van der Waals surface area contributed by atoms with E-state index < -0.39 is 0 Å². The fraction of sp³-hybridized carbons (Fsp3) is 0.529. The number of ether oxygens (including phenoxy) is 1. The van der Waals surface area contributed by atoms with Crippen LogP contribution in [0, 0.1) is 0 Å². The molecule has 0 aromatic carbocycles. The third kappa shape index (κ3) is 4.54. The molecule has 0 saturated carbocycles. The smallest absolute Gasteiger partial charge is 0.276 e. The maximum absolute atomic E-state index is 12.6. The Morgan fingerprint density at radius 2 is 2.28 bits per heavy atom. The van der Waals surface area contributed by atoms with Gasteiger partial charge in [-0.05, 0) is 19.3 Å². The van der Waals surface area contributed by atoms with E-state index in [1.807, 2.05) is 6.92 Å². The second-order valence-corrected chi connectivity index (χ2v) is 6.11. The lowest BCUT2D eigenvalue weighted by Gasteiger charge is -2.32. The summed E-state index contributed by atoms with van der Waals surface area (Å²) in [6, 6.07) is 3.20. The first-order chi connectivity index (χ1) is 12.2. The number of aromatic amines is 1. The number of carbonyl (C=O) groups is 1. The summed E-state index contributed by atoms with van der Waals surface area (Å²) in [7, 11) is 0. The van der Waals surface area contributed by atoms with Crippen molar-refractivity contribution < 1.29 is 14.1 Å². The van der Waals surface area contributed by atoms with Gasteiger partial charge in [-0.2, -0.15) is 0 Å². The van der Waals surface area contributed by atoms with Crippen LogP contribution in [0.25, 0.3) is 0 Å². The van der Waals surface area contributed by atoms with Crippen molar-refractivity contribution >= 4 is 5.91 Å². The second-order valence-electron chi connectivity index (χ2n) is 6.11. The van der Waals surface area contributed by atoms with Crippen molar-refractivity contribution in [2.24, 2.45) is 0 Å². The predicted octanol–water partition coefficient (Wildman–Crippen LogP) is 1.18. The van der Waals surface area contributed by atoms with Gasteiger partial charge in [-0.1, -0.05) is 12.1 Å². The van der Waals surface area contributed by atoms with Gasteiger partial charge in [0.25, 0.3) is 11.5 Å². The molecule has 2 aromatic rings. The van der Waals surface area contributed by atoms with Gasteiger partial charge in [0.2, 0.25) is 0 Å². The zero-order valence-electron chi connectivity index (χ0n) is 14.2. The Morgan fingerprint density at radius 1 is 1.40 bits per heavy atom. The highest BCUT2D eigenvalue weighted by Gasteiger charge is 2.27. The maximum atomic E-state index is 12.6. The topological polar surface area (TPSA) is 101 Å². The summed E-state index contributed by atoms with van der Waals surface area (Å²) in [4.78, 5) is 32.2. The number of H-pyrrole nitrogens is 1. The van der Waals surface area contributed by atoms with Crippen LogP contribution in [-0.4, -0.2) is 51.7 Å². The molecule has 1 fully saturated rings. The van der Waals surface area contributed by atoms with Crippen LogP contribution in [0.15, 0.2) is 27.8 Å². The molecule has 0 unspecified atom stereocenters. The molecule has 3 rings (SSSR count). The Labute approximate surface area is 145 Å². The van der Waals surface area contributed by atoms with Crippen molar-refractivity contribution in [2.75, 3.05) is 19.7 Å². The molecule has 0 radical (unpaired) electrons. The predicted molar refractivity (Wildman–Crippen MR) is 89.3 cm³/mol. The van der Waals surface area contributed by atoms with Gasteiger partial charge in [-0.25, -0.2) is 4.98 Å². The van der Waals surface area contributed by atoms with E-state index in [9.17, 15) is 9.59 Å². The van der Waals surface area contributed by atoms with Crippen LogP contribution in [0.4, 0.5) is 0 Å². The number of rotatable bonds is 6. The SMILES string of the molecule is CCCc1cc(C(=O)N2CCO[C@H](CCc3cc(=O)[nH]cn3)C2)no1. The number of carbonyl (C=O) groups excluding carboxylic acids is 1. The van der Waals surface area contributed by atoms with Crippen LogP contribution in [0.5, 0.6) is 0 Å². The summed E-state index contributed by atoms with van der Waals surface area (Å²) in [6.45, 7) is 3.57. The van der Waals surface area contributed by atoms with E-state index >= 15 is 0 Å². The van der Waals surface area contributed by atoms with E-state index in [-0.39, 0.29) is 17.6 Å². The van der Waals surface area contributed by atoms with Crippen LogP contribution in [0.2, 0.25) is 0 Å². The summed E-state index contributed by atoms with van der Waals surface area (Å²) >= 11 is 0. The number of hydrogen-bond acceptors (Lipinski definition) is 6. The molecule has 3 heterocycles. The summed E-state index contributed by atoms with van der Waals surface area (Å²) in [5.41, 5.74) is 0.900. The molecular weight excluding hydrogens is 324 g/mol. The summed E-state index contributed by atoms with van der Waals surface area (Å²) in [5, 5.41) is 3.88. The normalized spacial score (nSPS) is 17.6. The Kier molecular flexibility index (Phi) is 5.60. The van der Waals surface area contributed by atoms with Crippen LogP contribution in [0.3, 0.4) is 0 Å². The molecule has 0 aliphatic carbocycles. The van der Waals surface area contributed by atoms with Gasteiger partial charge >= 0.3 is 0 Å². The van der Waals surface area contributed by atoms with Gasteiger partial charge in [-0.15, -0.1) is 0 Å². The minimum Gasteiger partial charge on any atom is -0.375 e. The molecule has 1 aliphatic heterocycles. The van der Waals surface area contributed by atoms with E-state index in [2.05, 4.69) is 15.1 Å². The van der Waals surface area contributed by atoms with E-state index in [1.54, 1.807) is 11.0 Å². The highest BCUT2D eigenvalue weighted by atomic mass is 16.5. The molecule has 1 atom stereocenters. The average Bonchev–Trinajstić information content (AvgIpc) is 3.09. The van der Waals surface area contributed by atoms with Crippen LogP contribution < -0.4 is 5.56 Å². The molecule has 1 saturated heterocycles. The first kappa shape index (κ1) is 17.3. The van der Waals surface area contributed by atoms with Crippen molar-refractivity contribution in [1.29, 1.82) is 0 Å². The van der Waals surface area contributed by atoms with Gasteiger partial charge in [0.1, 0.15) is 5.76 Å². The zero-order valence-corrected chi connectivity index (χ0v) is 14.2. The quantitative estimate of drug-likeness (QED) is 0.843. The molecule has 0 spiro atoms. The molecule has 2 aromatic heterocycles. The van der Waals surface area contributed by atoms with Crippen LogP contribution >= 0.6 is 0 Å². The average molecular weight is 346 g/mol. The minimum atomic E-state index is -0.166. The van der Waals surface area contributed by atoms with Crippen LogP contribution in [0.1, 0.15) is 41.7 Å². The van der Waals surface area contributed by atoms with Gasteiger partial charge in [-0.3, -0.25) is 9.59 Å². The molecular formula is C17H22N4O4. The first-order valence-electron chi connectivity index (χ1n) is 8.55. The van der Waals surface area contributed by atoms with E-state index in [0.717, 1.165) is 24.3 Å². The largest absolute Gasteiger partial charge is 0.375 e. The third-order valence-electron chi connectivity index (χ3n) is 4.16. The molecule has 134 valence electrons. The highest BCUT2D eigenvalue weighted by Crippen LogP contribution is 2.15. The number of nitrogens with one attached hydrogen (secondary N) is 1. The van der Waals surface area contributed by atoms with Gasteiger partial charge in [0, 0.05) is 37.3 Å². The Morgan fingerprint density at radius 3 is 3.08 bits per heavy atom. The van der Waals surface area contributed by atoms with Crippen molar-refractivity contribution in [3.05, 3.63) is 46.0 Å². The van der Waals surface area contributed by atoms with E-state index in [1.165, 1.54) is 12.4 Å².